The van der Waals surface area contributed by atoms with Crippen molar-refractivity contribution in [1.82, 2.24) is 29.8 Å². The predicted octanol–water partition coefficient (Wildman–Crippen LogP) is 5.00. The molecule has 3 aromatic heterocycles. The van der Waals surface area contributed by atoms with Crippen LogP contribution < -0.4 is 19.7 Å². The third-order valence-corrected chi connectivity index (χ3v) is 7.21. The van der Waals surface area contributed by atoms with Crippen molar-refractivity contribution in [2.24, 2.45) is 0 Å². The number of pyridine rings is 1. The minimum Gasteiger partial charge on any atom is -0.495 e. The number of nitrogens with zero attached hydrogens (tertiary/aromatic N) is 7. The number of hydrogen-bond donors (Lipinski definition) is 1. The molecule has 4 aromatic rings. The van der Waals surface area contributed by atoms with Crippen molar-refractivity contribution in [3.05, 3.63) is 64.9 Å². The Balaban J connectivity index is 1.40. The molecule has 0 unspecified atom stereocenters. The van der Waals surface area contributed by atoms with Gasteiger partial charge in [-0.05, 0) is 11.6 Å². The molecule has 40 heavy (non-hydrogen) atoms. The maximum absolute atomic E-state index is 6.57. The Morgan fingerprint density at radius 1 is 0.925 bits per heavy atom. The van der Waals surface area contributed by atoms with Crippen LogP contribution in [0.3, 0.4) is 0 Å². The van der Waals surface area contributed by atoms with Crippen molar-refractivity contribution >= 4 is 46.3 Å². The highest BCUT2D eigenvalue weighted by Crippen LogP contribution is 2.45. The zero-order chi connectivity index (χ0) is 28.1. The van der Waals surface area contributed by atoms with Crippen molar-refractivity contribution < 1.29 is 14.2 Å². The molecule has 0 aliphatic carbocycles. The first kappa shape index (κ1) is 27.8. The van der Waals surface area contributed by atoms with Gasteiger partial charge < -0.3 is 24.4 Å². The number of hydrogen-bond acceptors (Lipinski definition) is 11. The van der Waals surface area contributed by atoms with Gasteiger partial charge in [0.05, 0.1) is 44.4 Å². The third kappa shape index (κ3) is 6.02. The van der Waals surface area contributed by atoms with Crippen LogP contribution in [0, 0.1) is 0 Å². The lowest BCUT2D eigenvalue weighted by Crippen LogP contribution is -2.35. The highest BCUT2D eigenvalue weighted by Gasteiger charge is 2.20. The van der Waals surface area contributed by atoms with E-state index in [4.69, 9.17) is 37.4 Å². The highest BCUT2D eigenvalue weighted by molar-refractivity contribution is 6.41. The first-order valence-electron chi connectivity index (χ1n) is 12.5. The van der Waals surface area contributed by atoms with Crippen molar-refractivity contribution in [3.63, 3.8) is 0 Å². The molecule has 0 amide bonds. The van der Waals surface area contributed by atoms with Gasteiger partial charge in [0, 0.05) is 51.2 Å². The van der Waals surface area contributed by atoms with E-state index >= 15 is 0 Å². The Morgan fingerprint density at radius 3 is 2.35 bits per heavy atom. The van der Waals surface area contributed by atoms with Gasteiger partial charge in [-0.2, -0.15) is 0 Å². The van der Waals surface area contributed by atoms with Crippen molar-refractivity contribution in [2.45, 2.75) is 6.54 Å². The smallest absolute Gasteiger partial charge is 0.143 e. The normalized spacial score (nSPS) is 13.6. The molecule has 0 atom stereocenters. The van der Waals surface area contributed by atoms with Crippen LogP contribution in [-0.4, -0.2) is 77.4 Å². The predicted molar refractivity (Wildman–Crippen MR) is 154 cm³/mol. The van der Waals surface area contributed by atoms with E-state index < -0.39 is 0 Å². The summed E-state index contributed by atoms with van der Waals surface area (Å²) < 4.78 is 16.2. The molecule has 1 aromatic carbocycles. The molecule has 1 N–H and O–H groups in total. The highest BCUT2D eigenvalue weighted by atomic mass is 35.5. The van der Waals surface area contributed by atoms with E-state index in [-0.39, 0.29) is 10.0 Å². The van der Waals surface area contributed by atoms with Crippen LogP contribution in [0.15, 0.2) is 49.3 Å². The van der Waals surface area contributed by atoms with Gasteiger partial charge in [0.15, 0.2) is 0 Å². The molecule has 1 aliphatic heterocycles. The van der Waals surface area contributed by atoms with Gasteiger partial charge in [-0.15, -0.1) is 0 Å². The van der Waals surface area contributed by atoms with Crippen molar-refractivity contribution in [3.8, 4) is 22.8 Å². The summed E-state index contributed by atoms with van der Waals surface area (Å²) in [4.78, 5) is 26.5. The Labute approximate surface area is 242 Å². The van der Waals surface area contributed by atoms with Crippen LogP contribution in [0.5, 0.6) is 11.5 Å². The van der Waals surface area contributed by atoms with Crippen molar-refractivity contribution in [2.75, 3.05) is 57.8 Å². The molecule has 0 bridgehead atoms. The largest absolute Gasteiger partial charge is 0.495 e. The van der Waals surface area contributed by atoms with Gasteiger partial charge in [-0.25, -0.2) is 24.9 Å². The Bertz CT molecular complexity index is 1440. The number of morpholine rings is 1. The van der Waals surface area contributed by atoms with Crippen LogP contribution in [-0.2, 0) is 11.3 Å². The van der Waals surface area contributed by atoms with Gasteiger partial charge in [-0.1, -0.05) is 29.3 Å². The molecule has 4 heterocycles. The third-order valence-electron chi connectivity index (χ3n) is 6.46. The van der Waals surface area contributed by atoms with Crippen LogP contribution in [0.2, 0.25) is 10.0 Å². The number of benzene rings is 1. The van der Waals surface area contributed by atoms with Crippen molar-refractivity contribution in [1.29, 1.82) is 0 Å². The van der Waals surface area contributed by atoms with E-state index in [0.29, 0.717) is 40.1 Å². The Hall–Kier alpha value is -3.77. The standard InChI is InChI=1S/C27H28Cl2N8O3/c1-36(22-5-4-17(12-31-22)14-37-6-8-40-9-7-37)23-10-19(32-16-33-23)18-13-30-15-34-27(18)35-26-24(28)20(38-2)11-21(39-3)25(26)29/h4-5,10-13,15-16H,6-9,14H2,1-3H3,(H,30,34,35). The lowest BCUT2D eigenvalue weighted by molar-refractivity contribution is 0.0341. The lowest BCUT2D eigenvalue weighted by Gasteiger charge is -2.26. The van der Waals surface area contributed by atoms with E-state index in [0.717, 1.165) is 44.2 Å². The molecule has 208 valence electrons. The summed E-state index contributed by atoms with van der Waals surface area (Å²) in [7, 11) is 4.93. The summed E-state index contributed by atoms with van der Waals surface area (Å²) in [5.41, 5.74) is 2.73. The number of anilines is 4. The second-order valence-corrected chi connectivity index (χ2v) is 9.68. The Morgan fingerprint density at radius 2 is 1.68 bits per heavy atom. The number of aromatic nitrogens is 5. The molecule has 1 fully saturated rings. The zero-order valence-corrected chi connectivity index (χ0v) is 23.8. The molecule has 0 radical (unpaired) electrons. The summed E-state index contributed by atoms with van der Waals surface area (Å²) in [6, 6.07) is 7.52. The molecule has 1 aliphatic rings. The number of nitrogens with one attached hydrogen (secondary N) is 1. The number of rotatable bonds is 9. The fourth-order valence-corrected chi connectivity index (χ4v) is 4.85. The average Bonchev–Trinajstić information content (AvgIpc) is 3.00. The summed E-state index contributed by atoms with van der Waals surface area (Å²) in [5, 5.41) is 3.77. The van der Waals surface area contributed by atoms with E-state index in [1.807, 2.05) is 30.3 Å². The second-order valence-electron chi connectivity index (χ2n) is 8.93. The molecule has 0 saturated carbocycles. The van der Waals surface area contributed by atoms with Crippen LogP contribution in [0.4, 0.5) is 23.1 Å². The lowest BCUT2D eigenvalue weighted by atomic mass is 10.2. The number of ether oxygens (including phenoxy) is 3. The topological polar surface area (TPSA) is 111 Å². The summed E-state index contributed by atoms with van der Waals surface area (Å²) in [5.74, 6) is 2.63. The van der Waals surface area contributed by atoms with E-state index in [1.165, 1.54) is 26.9 Å². The molecular weight excluding hydrogens is 555 g/mol. The first-order valence-corrected chi connectivity index (χ1v) is 13.2. The molecule has 11 nitrogen and oxygen atoms in total. The van der Waals surface area contributed by atoms with Gasteiger partial charge in [0.25, 0.3) is 0 Å². The van der Waals surface area contributed by atoms with E-state index in [1.54, 1.807) is 12.3 Å². The second kappa shape index (κ2) is 12.6. The molecule has 1 saturated heterocycles. The minimum atomic E-state index is 0.282. The molecule has 13 heteroatoms. The van der Waals surface area contributed by atoms with Gasteiger partial charge in [0.2, 0.25) is 0 Å². The van der Waals surface area contributed by atoms with Crippen LogP contribution in [0.1, 0.15) is 5.56 Å². The van der Waals surface area contributed by atoms with Gasteiger partial charge in [-0.3, -0.25) is 4.90 Å². The quantitative estimate of drug-likeness (QED) is 0.288. The summed E-state index contributed by atoms with van der Waals surface area (Å²) >= 11 is 13.1. The Kier molecular flexibility index (Phi) is 8.75. The molecule has 0 spiro atoms. The zero-order valence-electron chi connectivity index (χ0n) is 22.3. The summed E-state index contributed by atoms with van der Waals surface area (Å²) in [6.45, 7) is 4.23. The number of halogens is 2. The molecule has 5 rings (SSSR count). The van der Waals surface area contributed by atoms with E-state index in [9.17, 15) is 0 Å². The monoisotopic (exact) mass is 582 g/mol. The van der Waals surface area contributed by atoms with Gasteiger partial charge in [0.1, 0.15) is 51.7 Å². The maximum atomic E-state index is 6.57. The first-order chi connectivity index (χ1) is 19.5. The maximum Gasteiger partial charge on any atom is 0.143 e. The fourth-order valence-electron chi connectivity index (χ4n) is 4.25. The fraction of sp³-hybridized carbons (Fsp3) is 0.296. The van der Waals surface area contributed by atoms with E-state index in [2.05, 4.69) is 41.2 Å². The van der Waals surface area contributed by atoms with Gasteiger partial charge >= 0.3 is 0 Å². The van der Waals surface area contributed by atoms with Crippen LogP contribution in [0.25, 0.3) is 11.3 Å². The SMILES string of the molecule is COc1cc(OC)c(Cl)c(Nc2ncncc2-c2cc(N(C)c3ccc(CN4CCOCC4)cn3)ncn2)c1Cl. The number of methoxy groups -OCH3 is 2. The summed E-state index contributed by atoms with van der Waals surface area (Å²) in [6.07, 6.45) is 6.45. The molecular formula is C27H28Cl2N8O3. The average molecular weight is 583 g/mol. The van der Waals surface area contributed by atoms with Crippen LogP contribution >= 0.6 is 23.2 Å². The minimum absolute atomic E-state index is 0.282.